The molecule has 2 rings (SSSR count). The minimum absolute atomic E-state index is 0.00158. The van der Waals surface area contributed by atoms with Crippen molar-refractivity contribution in [3.8, 4) is 0 Å². The fourth-order valence-corrected chi connectivity index (χ4v) is 4.10. The molecule has 1 fully saturated rings. The number of aliphatic carboxylic acids is 1. The fraction of sp³-hybridized carbons (Fsp3) is 0.760. The molecule has 0 aromatic rings. The molecule has 4 atom stereocenters. The summed E-state index contributed by atoms with van der Waals surface area (Å²) in [7, 11) is 0. The van der Waals surface area contributed by atoms with Crippen LogP contribution in [-0.2, 0) is 19.1 Å². The molecule has 0 amide bonds. The third-order valence-corrected chi connectivity index (χ3v) is 5.92. The number of ketones is 1. The zero-order valence-electron chi connectivity index (χ0n) is 19.5. The van der Waals surface area contributed by atoms with Gasteiger partial charge in [0, 0.05) is 24.9 Å². The second kappa shape index (κ2) is 14.5. The second-order valence-corrected chi connectivity index (χ2v) is 8.49. The normalized spacial score (nSPS) is 26.8. The smallest absolute Gasteiger partial charge is 0.303 e. The molecule has 0 spiro atoms. The van der Waals surface area contributed by atoms with Gasteiger partial charge in [-0.15, -0.1) is 0 Å². The van der Waals surface area contributed by atoms with Crippen molar-refractivity contribution in [2.45, 2.75) is 103 Å². The summed E-state index contributed by atoms with van der Waals surface area (Å²) in [5.41, 5.74) is 0. The van der Waals surface area contributed by atoms with E-state index in [1.165, 1.54) is 0 Å². The molecule has 0 radical (unpaired) electrons. The van der Waals surface area contributed by atoms with Crippen LogP contribution in [0.15, 0.2) is 24.3 Å². The van der Waals surface area contributed by atoms with E-state index in [-0.39, 0.29) is 30.3 Å². The Balaban J connectivity index is 1.90. The summed E-state index contributed by atoms with van der Waals surface area (Å²) >= 11 is 0. The van der Waals surface area contributed by atoms with Crippen molar-refractivity contribution >= 4 is 11.8 Å². The lowest BCUT2D eigenvalue weighted by Crippen LogP contribution is -2.27. The molecule has 5 nitrogen and oxygen atoms in total. The maximum absolute atomic E-state index is 12.3. The van der Waals surface area contributed by atoms with Gasteiger partial charge >= 0.3 is 5.97 Å². The molecule has 0 aromatic heterocycles. The van der Waals surface area contributed by atoms with E-state index in [4.69, 9.17) is 16.0 Å². The number of unbranched alkanes of at least 4 members (excludes halogenated alkanes) is 5. The predicted molar refractivity (Wildman–Crippen MR) is 118 cm³/mol. The van der Waals surface area contributed by atoms with Crippen molar-refractivity contribution in [2.75, 3.05) is 6.61 Å². The Labute approximate surface area is 183 Å². The largest absolute Gasteiger partial charge is 0.481 e. The maximum Gasteiger partial charge on any atom is 0.303 e. The monoisotopic (exact) mass is 421 g/mol. The van der Waals surface area contributed by atoms with E-state index >= 15 is 0 Å². The summed E-state index contributed by atoms with van der Waals surface area (Å²) in [6, 6.07) is 0. The van der Waals surface area contributed by atoms with Crippen LogP contribution >= 0.6 is 0 Å². The number of allylic oxidation sites excluding steroid dienone is 3. The van der Waals surface area contributed by atoms with Gasteiger partial charge in [-0.25, -0.2) is 0 Å². The summed E-state index contributed by atoms with van der Waals surface area (Å²) in [5, 5.41) is 8.71. The first-order valence-corrected chi connectivity index (χ1v) is 11.9. The highest BCUT2D eigenvalue weighted by molar-refractivity contribution is 5.94. The Morgan fingerprint density at radius 1 is 1.30 bits per heavy atom. The highest BCUT2D eigenvalue weighted by atomic mass is 16.7. The third kappa shape index (κ3) is 9.57. The quantitative estimate of drug-likeness (QED) is 0.266. The Morgan fingerprint density at radius 3 is 2.87 bits per heavy atom. The van der Waals surface area contributed by atoms with Crippen molar-refractivity contribution in [1.82, 2.24) is 0 Å². The van der Waals surface area contributed by atoms with Crippen LogP contribution in [0.25, 0.3) is 0 Å². The zero-order valence-corrected chi connectivity index (χ0v) is 18.5. The van der Waals surface area contributed by atoms with E-state index < -0.39 is 12.0 Å². The first-order valence-electron chi connectivity index (χ1n) is 12.4. The summed E-state index contributed by atoms with van der Waals surface area (Å²) in [4.78, 5) is 22.9. The summed E-state index contributed by atoms with van der Waals surface area (Å²) in [6.45, 7) is 2.83. The number of carbonyl (C=O) groups is 2. The lowest BCUT2D eigenvalue weighted by Gasteiger charge is -2.27. The van der Waals surface area contributed by atoms with E-state index in [0.29, 0.717) is 19.4 Å². The number of carboxylic acid groups (broad SMARTS) is 1. The molecule has 5 heteroatoms. The average molecular weight is 422 g/mol. The zero-order chi connectivity index (χ0) is 22.5. The maximum atomic E-state index is 12.3. The first kappa shape index (κ1) is 23.2. The van der Waals surface area contributed by atoms with E-state index in [9.17, 15) is 9.59 Å². The van der Waals surface area contributed by atoms with Crippen LogP contribution < -0.4 is 0 Å². The van der Waals surface area contributed by atoms with Crippen molar-refractivity contribution in [3.63, 3.8) is 0 Å². The summed E-state index contributed by atoms with van der Waals surface area (Å²) in [5.74, 6) is -0.683. The molecular weight excluding hydrogens is 380 g/mol. The SMILES string of the molecule is [2H][C@@](/C=C/[C@H]1C=CC(=O)[C@@H]1CCCCCCC(=O)O)(CCCCC)OC1CCCCO1. The van der Waals surface area contributed by atoms with Crippen LogP contribution in [0.3, 0.4) is 0 Å². The predicted octanol–water partition coefficient (Wildman–Crippen LogP) is 5.83. The van der Waals surface area contributed by atoms with Gasteiger partial charge in [0.2, 0.25) is 0 Å². The number of carbonyl (C=O) groups excluding carboxylic acids is 1. The molecule has 1 saturated heterocycles. The van der Waals surface area contributed by atoms with Gasteiger partial charge in [0.05, 0.1) is 7.45 Å². The van der Waals surface area contributed by atoms with Gasteiger partial charge in [0.15, 0.2) is 12.1 Å². The van der Waals surface area contributed by atoms with Gasteiger partial charge < -0.3 is 14.6 Å². The number of carboxylic acids is 1. The number of rotatable bonds is 15. The van der Waals surface area contributed by atoms with Crippen LogP contribution in [0, 0.1) is 11.8 Å². The Hall–Kier alpha value is -1.46. The van der Waals surface area contributed by atoms with Crippen molar-refractivity contribution in [2.24, 2.45) is 11.8 Å². The second-order valence-electron chi connectivity index (χ2n) is 8.49. The van der Waals surface area contributed by atoms with Crippen LogP contribution in [0.1, 0.15) is 91.8 Å². The molecule has 1 heterocycles. The van der Waals surface area contributed by atoms with Gasteiger partial charge in [-0.2, -0.15) is 0 Å². The van der Waals surface area contributed by atoms with Crippen LogP contribution in [-0.4, -0.2) is 35.8 Å². The third-order valence-electron chi connectivity index (χ3n) is 5.92. The highest BCUT2D eigenvalue weighted by Gasteiger charge is 2.28. The number of ether oxygens (including phenoxy) is 2. The van der Waals surface area contributed by atoms with Gasteiger partial charge in [0.1, 0.15) is 0 Å². The van der Waals surface area contributed by atoms with Crippen molar-refractivity contribution in [1.29, 1.82) is 0 Å². The molecule has 1 aliphatic heterocycles. The van der Waals surface area contributed by atoms with E-state index in [1.807, 2.05) is 18.2 Å². The molecule has 1 N–H and O–H groups in total. The molecule has 170 valence electrons. The standard InChI is InChI=1S/C25H40O5/c1-2-3-6-11-21(30-25-14-9-10-19-29-25)17-15-20-16-18-23(26)22(20)12-7-4-5-8-13-24(27)28/h15-18,20-22,25H,2-14,19H2,1H3,(H,27,28)/b17-15+/t20-,21-,22+,25?/m0/s1/i21D. The van der Waals surface area contributed by atoms with Gasteiger partial charge in [0.25, 0.3) is 0 Å². The molecule has 1 unspecified atom stereocenters. The molecule has 30 heavy (non-hydrogen) atoms. The van der Waals surface area contributed by atoms with E-state index in [2.05, 4.69) is 6.92 Å². The lowest BCUT2D eigenvalue weighted by atomic mass is 9.88. The first-order chi connectivity index (χ1) is 14.9. The lowest BCUT2D eigenvalue weighted by molar-refractivity contribution is -0.179. The van der Waals surface area contributed by atoms with Crippen molar-refractivity contribution < 1.29 is 25.5 Å². The van der Waals surface area contributed by atoms with Gasteiger partial charge in [-0.05, 0) is 44.6 Å². The highest BCUT2D eigenvalue weighted by Crippen LogP contribution is 2.29. The Morgan fingerprint density at radius 2 is 2.13 bits per heavy atom. The molecule has 0 saturated carbocycles. The molecule has 0 aromatic carbocycles. The minimum atomic E-state index is -1.13. The van der Waals surface area contributed by atoms with Crippen LogP contribution in [0.5, 0.6) is 0 Å². The summed E-state index contributed by atoms with van der Waals surface area (Å²) in [6.07, 6.45) is 17.1. The number of hydrogen-bond acceptors (Lipinski definition) is 4. The van der Waals surface area contributed by atoms with Gasteiger partial charge in [-0.3, -0.25) is 9.59 Å². The van der Waals surface area contributed by atoms with Gasteiger partial charge in [-0.1, -0.05) is 63.7 Å². The van der Waals surface area contributed by atoms with E-state index in [1.54, 1.807) is 6.08 Å². The number of hydrogen-bond donors (Lipinski definition) is 1. The molecule has 0 bridgehead atoms. The molecule has 2 aliphatic rings. The average Bonchev–Trinajstić information content (AvgIpc) is 3.09. The topological polar surface area (TPSA) is 72.8 Å². The van der Waals surface area contributed by atoms with Crippen LogP contribution in [0.2, 0.25) is 0 Å². The molecular formula is C25H40O5. The summed E-state index contributed by atoms with van der Waals surface area (Å²) < 4.78 is 20.7. The Bertz CT molecular complexity index is 611. The Kier molecular flexibility index (Phi) is 11.2. The minimum Gasteiger partial charge on any atom is -0.481 e. The van der Waals surface area contributed by atoms with Crippen LogP contribution in [0.4, 0.5) is 0 Å². The van der Waals surface area contributed by atoms with E-state index in [0.717, 1.165) is 64.2 Å². The molecule has 1 aliphatic carbocycles. The van der Waals surface area contributed by atoms with Crippen molar-refractivity contribution in [3.05, 3.63) is 24.3 Å². The fourth-order valence-electron chi connectivity index (χ4n) is 4.10.